The summed E-state index contributed by atoms with van der Waals surface area (Å²) in [7, 11) is 0. The Hall–Kier alpha value is 0.0300. The van der Waals surface area contributed by atoms with Crippen LogP contribution in [0.3, 0.4) is 0 Å². The predicted molar refractivity (Wildman–Crippen MR) is 112 cm³/mol. The number of hydrogen-bond donors (Lipinski definition) is 1. The second-order valence-electron chi connectivity index (χ2n) is 4.97. The highest BCUT2D eigenvalue weighted by Gasteiger charge is 2.10. The average molecular weight is 519 g/mol. The quantitative estimate of drug-likeness (QED) is 0.414. The number of halogens is 5. The molecule has 0 atom stereocenters. The number of benzene rings is 2. The molecule has 0 saturated heterocycles. The Morgan fingerprint density at radius 1 is 1.08 bits per heavy atom. The topological polar surface area (TPSA) is 21.3 Å². The highest BCUT2D eigenvalue weighted by Crippen LogP contribution is 2.33. The third-order valence-electron chi connectivity index (χ3n) is 3.28. The van der Waals surface area contributed by atoms with E-state index >= 15 is 0 Å². The van der Waals surface area contributed by atoms with E-state index < -0.39 is 0 Å². The molecule has 0 unspecified atom stereocenters. The van der Waals surface area contributed by atoms with Crippen LogP contribution in [0.2, 0.25) is 10.0 Å². The van der Waals surface area contributed by atoms with Gasteiger partial charge in [-0.3, -0.25) is 0 Å². The van der Waals surface area contributed by atoms with Gasteiger partial charge in [0.05, 0.1) is 11.1 Å². The Labute approximate surface area is 175 Å². The molecule has 2 nitrogen and oxygen atoms in total. The van der Waals surface area contributed by atoms with Gasteiger partial charge in [-0.15, -0.1) is 12.4 Å². The molecule has 0 aliphatic heterocycles. The fourth-order valence-corrected chi connectivity index (χ4v) is 4.15. The maximum atomic E-state index is 6.19. The first kappa shape index (κ1) is 22.1. The van der Waals surface area contributed by atoms with Gasteiger partial charge in [-0.05, 0) is 65.6 Å². The third-order valence-corrected chi connectivity index (χ3v) is 4.91. The molecule has 0 spiro atoms. The first-order valence-corrected chi connectivity index (χ1v) is 9.60. The van der Waals surface area contributed by atoms with Gasteiger partial charge < -0.3 is 10.1 Å². The zero-order valence-electron chi connectivity index (χ0n) is 13.0. The summed E-state index contributed by atoms with van der Waals surface area (Å²) in [6.07, 6.45) is 0.842. The highest BCUT2D eigenvalue weighted by atomic mass is 79.9. The second kappa shape index (κ2) is 10.9. The molecule has 2 rings (SSSR count). The molecule has 7 heteroatoms. The molecule has 2 aromatic rings. The normalized spacial score (nSPS) is 10.4. The first-order valence-electron chi connectivity index (χ1n) is 7.26. The predicted octanol–water partition coefficient (Wildman–Crippen LogP) is 6.67. The van der Waals surface area contributed by atoms with Gasteiger partial charge in [0.15, 0.2) is 0 Å². The van der Waals surface area contributed by atoms with Gasteiger partial charge in [-0.25, -0.2) is 0 Å². The zero-order valence-corrected chi connectivity index (χ0v) is 18.5. The standard InChI is InChI=1S/C17H17Br2Cl2NO.ClH/c1-2-23-17-12(7-13(18)8-15(17)19)10-22-6-5-11-3-4-14(20)9-16(11)21;/h3-4,7-9,22H,2,5-6,10H2,1H3;1H. The van der Waals surface area contributed by atoms with Crippen molar-refractivity contribution in [1.82, 2.24) is 5.32 Å². The van der Waals surface area contributed by atoms with Gasteiger partial charge in [0.1, 0.15) is 5.75 Å². The van der Waals surface area contributed by atoms with Gasteiger partial charge in [0, 0.05) is 26.6 Å². The van der Waals surface area contributed by atoms with Crippen molar-refractivity contribution in [1.29, 1.82) is 0 Å². The van der Waals surface area contributed by atoms with Crippen LogP contribution in [-0.2, 0) is 13.0 Å². The van der Waals surface area contributed by atoms with E-state index in [1.165, 1.54) is 0 Å². The Morgan fingerprint density at radius 3 is 2.50 bits per heavy atom. The number of ether oxygens (including phenoxy) is 1. The third kappa shape index (κ3) is 6.40. The van der Waals surface area contributed by atoms with Crippen molar-refractivity contribution < 1.29 is 4.74 Å². The van der Waals surface area contributed by atoms with Crippen molar-refractivity contribution in [3.8, 4) is 5.75 Å². The lowest BCUT2D eigenvalue weighted by molar-refractivity contribution is 0.333. The molecule has 0 bridgehead atoms. The molecule has 24 heavy (non-hydrogen) atoms. The van der Waals surface area contributed by atoms with Crippen LogP contribution >= 0.6 is 67.5 Å². The lowest BCUT2D eigenvalue weighted by Crippen LogP contribution is -2.17. The molecular formula is C17H18Br2Cl3NO. The van der Waals surface area contributed by atoms with Crippen molar-refractivity contribution in [2.45, 2.75) is 19.9 Å². The van der Waals surface area contributed by atoms with Crippen LogP contribution in [-0.4, -0.2) is 13.2 Å². The monoisotopic (exact) mass is 515 g/mol. The summed E-state index contributed by atoms with van der Waals surface area (Å²) in [4.78, 5) is 0. The Kier molecular flexibility index (Phi) is 10.0. The fourth-order valence-electron chi connectivity index (χ4n) is 2.22. The van der Waals surface area contributed by atoms with E-state index in [2.05, 4.69) is 43.2 Å². The summed E-state index contributed by atoms with van der Waals surface area (Å²) in [5.41, 5.74) is 2.19. The molecule has 0 aromatic heterocycles. The largest absolute Gasteiger partial charge is 0.492 e. The fraction of sp³-hybridized carbons (Fsp3) is 0.294. The smallest absolute Gasteiger partial charge is 0.138 e. The van der Waals surface area contributed by atoms with Gasteiger partial charge in [-0.1, -0.05) is 45.2 Å². The Morgan fingerprint density at radius 2 is 1.83 bits per heavy atom. The summed E-state index contributed by atoms with van der Waals surface area (Å²) < 4.78 is 7.70. The minimum Gasteiger partial charge on any atom is -0.492 e. The van der Waals surface area contributed by atoms with Crippen LogP contribution in [0.25, 0.3) is 0 Å². The number of nitrogens with one attached hydrogen (secondary N) is 1. The Bertz CT molecular complexity index is 683. The minimum atomic E-state index is 0. The minimum absolute atomic E-state index is 0. The molecule has 0 saturated carbocycles. The molecule has 0 aliphatic rings. The van der Waals surface area contributed by atoms with E-state index in [9.17, 15) is 0 Å². The van der Waals surface area contributed by atoms with Crippen LogP contribution in [0.5, 0.6) is 5.75 Å². The van der Waals surface area contributed by atoms with E-state index in [-0.39, 0.29) is 12.4 Å². The molecule has 132 valence electrons. The van der Waals surface area contributed by atoms with Crippen molar-refractivity contribution in [3.05, 3.63) is 60.4 Å². The Balaban J connectivity index is 0.00000288. The second-order valence-corrected chi connectivity index (χ2v) is 7.59. The molecule has 1 N–H and O–H groups in total. The van der Waals surface area contributed by atoms with Crippen LogP contribution in [0.4, 0.5) is 0 Å². The van der Waals surface area contributed by atoms with E-state index in [0.29, 0.717) is 16.7 Å². The van der Waals surface area contributed by atoms with Crippen molar-refractivity contribution in [2.75, 3.05) is 13.2 Å². The van der Waals surface area contributed by atoms with Crippen molar-refractivity contribution in [3.63, 3.8) is 0 Å². The molecular weight excluding hydrogens is 500 g/mol. The van der Waals surface area contributed by atoms with Gasteiger partial charge >= 0.3 is 0 Å². The van der Waals surface area contributed by atoms with Crippen molar-refractivity contribution >= 4 is 67.5 Å². The molecule has 2 aromatic carbocycles. The van der Waals surface area contributed by atoms with Crippen molar-refractivity contribution in [2.24, 2.45) is 0 Å². The summed E-state index contributed by atoms with van der Waals surface area (Å²) in [5, 5.41) is 4.80. The summed E-state index contributed by atoms with van der Waals surface area (Å²) in [6.45, 7) is 4.15. The average Bonchev–Trinajstić information content (AvgIpc) is 2.48. The summed E-state index contributed by atoms with van der Waals surface area (Å²) >= 11 is 19.2. The summed E-state index contributed by atoms with van der Waals surface area (Å²) in [5.74, 6) is 0.882. The maximum absolute atomic E-state index is 6.19. The number of rotatable bonds is 7. The zero-order chi connectivity index (χ0) is 16.8. The summed E-state index contributed by atoms with van der Waals surface area (Å²) in [6, 6.07) is 9.66. The SMILES string of the molecule is CCOc1c(Br)cc(Br)cc1CNCCc1ccc(Cl)cc1Cl.Cl. The van der Waals surface area contributed by atoms with E-state index in [0.717, 1.165) is 45.3 Å². The van der Waals surface area contributed by atoms with Gasteiger partial charge in [0.25, 0.3) is 0 Å². The highest BCUT2D eigenvalue weighted by molar-refractivity contribution is 9.11. The van der Waals surface area contributed by atoms with Crippen LogP contribution in [0.1, 0.15) is 18.1 Å². The van der Waals surface area contributed by atoms with E-state index in [1.807, 2.05) is 25.1 Å². The molecule has 0 radical (unpaired) electrons. The lowest BCUT2D eigenvalue weighted by Gasteiger charge is -2.14. The maximum Gasteiger partial charge on any atom is 0.138 e. The molecule has 0 amide bonds. The van der Waals surface area contributed by atoms with Crippen LogP contribution < -0.4 is 10.1 Å². The molecule has 0 aliphatic carbocycles. The van der Waals surface area contributed by atoms with E-state index in [1.54, 1.807) is 6.07 Å². The number of hydrogen-bond acceptors (Lipinski definition) is 2. The van der Waals surface area contributed by atoms with Crippen LogP contribution in [0.15, 0.2) is 39.3 Å². The first-order chi connectivity index (χ1) is 11.0. The van der Waals surface area contributed by atoms with Crippen LogP contribution in [0, 0.1) is 0 Å². The lowest BCUT2D eigenvalue weighted by atomic mass is 10.1. The van der Waals surface area contributed by atoms with Gasteiger partial charge in [0.2, 0.25) is 0 Å². The molecule has 0 fully saturated rings. The molecule has 0 heterocycles. The van der Waals surface area contributed by atoms with Gasteiger partial charge in [-0.2, -0.15) is 0 Å². The van der Waals surface area contributed by atoms with E-state index in [4.69, 9.17) is 27.9 Å².